The van der Waals surface area contributed by atoms with Crippen LogP contribution in [0.25, 0.3) is 0 Å². The van der Waals surface area contributed by atoms with Crippen molar-refractivity contribution in [3.63, 3.8) is 0 Å². The summed E-state index contributed by atoms with van der Waals surface area (Å²) in [5.74, 6) is 1.32. The van der Waals surface area contributed by atoms with Crippen molar-refractivity contribution in [2.24, 2.45) is 23.7 Å². The molecule has 3 bridgehead atoms. The van der Waals surface area contributed by atoms with Gasteiger partial charge in [0.05, 0.1) is 13.2 Å². The molecule has 0 aromatic carbocycles. The Labute approximate surface area is 94.9 Å². The van der Waals surface area contributed by atoms with Crippen molar-refractivity contribution in [1.29, 1.82) is 0 Å². The lowest BCUT2D eigenvalue weighted by molar-refractivity contribution is -0.177. The van der Waals surface area contributed by atoms with Gasteiger partial charge in [0.2, 0.25) is 0 Å². The van der Waals surface area contributed by atoms with Gasteiger partial charge in [0, 0.05) is 12.8 Å². The van der Waals surface area contributed by atoms with Gasteiger partial charge >= 0.3 is 5.97 Å². The predicted molar refractivity (Wildman–Crippen MR) is 55.8 cm³/mol. The molecule has 1 aliphatic carbocycles. The lowest BCUT2D eigenvalue weighted by atomic mass is 9.66. The molecule has 2 aliphatic heterocycles. The van der Waals surface area contributed by atoms with E-state index in [1.165, 1.54) is 0 Å². The summed E-state index contributed by atoms with van der Waals surface area (Å²) in [6.07, 6.45) is 3.44. The Hall–Kier alpha value is -0.610. The smallest absolute Gasteiger partial charge is 0.303 e. The van der Waals surface area contributed by atoms with E-state index in [-0.39, 0.29) is 6.29 Å². The van der Waals surface area contributed by atoms with Gasteiger partial charge in [0.15, 0.2) is 6.29 Å². The molecule has 16 heavy (non-hydrogen) atoms. The highest BCUT2D eigenvalue weighted by atomic mass is 16.7. The maximum absolute atomic E-state index is 10.8. The summed E-state index contributed by atoms with van der Waals surface area (Å²) in [7, 11) is 0. The number of rotatable bonds is 2. The molecular weight excluding hydrogens is 208 g/mol. The van der Waals surface area contributed by atoms with Crippen molar-refractivity contribution in [3.8, 4) is 0 Å². The van der Waals surface area contributed by atoms with Crippen molar-refractivity contribution in [3.05, 3.63) is 0 Å². The minimum atomic E-state index is -0.678. The molecule has 1 saturated carbocycles. The molecule has 0 amide bonds. The number of carboxylic acid groups (broad SMARTS) is 1. The second-order valence-electron chi connectivity index (χ2n) is 5.44. The van der Waals surface area contributed by atoms with Gasteiger partial charge in [-0.3, -0.25) is 4.79 Å². The van der Waals surface area contributed by atoms with Crippen molar-refractivity contribution in [2.75, 3.05) is 13.2 Å². The van der Waals surface area contributed by atoms with E-state index >= 15 is 0 Å². The quantitative estimate of drug-likeness (QED) is 0.775. The fraction of sp³-hybridized carbons (Fsp3) is 0.917. The molecule has 3 rings (SSSR count). The third-order valence-electron chi connectivity index (χ3n) is 4.47. The minimum Gasteiger partial charge on any atom is -0.481 e. The van der Waals surface area contributed by atoms with E-state index in [1.807, 2.05) is 0 Å². The number of carbonyl (C=O) groups is 1. The van der Waals surface area contributed by atoms with Gasteiger partial charge in [-0.2, -0.15) is 0 Å². The Morgan fingerprint density at radius 3 is 2.56 bits per heavy atom. The highest BCUT2D eigenvalue weighted by Crippen LogP contribution is 2.46. The molecule has 3 fully saturated rings. The molecule has 0 radical (unpaired) electrons. The molecule has 2 heterocycles. The van der Waals surface area contributed by atoms with E-state index in [4.69, 9.17) is 14.6 Å². The van der Waals surface area contributed by atoms with Crippen molar-refractivity contribution < 1.29 is 19.4 Å². The van der Waals surface area contributed by atoms with Crippen LogP contribution in [-0.2, 0) is 14.3 Å². The summed E-state index contributed by atoms with van der Waals surface area (Å²) < 4.78 is 11.3. The molecular formula is C12H18O4. The van der Waals surface area contributed by atoms with Gasteiger partial charge in [-0.15, -0.1) is 0 Å². The largest absolute Gasteiger partial charge is 0.481 e. The fourth-order valence-corrected chi connectivity index (χ4v) is 3.61. The van der Waals surface area contributed by atoms with E-state index in [2.05, 4.69) is 0 Å². The topological polar surface area (TPSA) is 55.8 Å². The summed E-state index contributed by atoms with van der Waals surface area (Å²) in [4.78, 5) is 10.8. The number of ether oxygens (including phenoxy) is 2. The molecule has 4 heteroatoms. The average Bonchev–Trinajstić information content (AvgIpc) is 2.33. The maximum atomic E-state index is 10.8. The van der Waals surface area contributed by atoms with Crippen LogP contribution in [0.4, 0.5) is 0 Å². The van der Waals surface area contributed by atoms with Crippen LogP contribution < -0.4 is 0 Å². The minimum absolute atomic E-state index is 0.0187. The van der Waals surface area contributed by atoms with Gasteiger partial charge in [-0.25, -0.2) is 0 Å². The molecule has 4 nitrogen and oxygen atoms in total. The Morgan fingerprint density at radius 1 is 1.06 bits per heavy atom. The second kappa shape index (κ2) is 4.00. The molecule has 5 atom stereocenters. The first-order chi connectivity index (χ1) is 7.72. The maximum Gasteiger partial charge on any atom is 0.303 e. The third kappa shape index (κ3) is 1.84. The normalized spacial score (nSPS) is 46.4. The number of fused-ring (bicyclic) bond motifs is 2. The van der Waals surface area contributed by atoms with Crippen LogP contribution in [0.5, 0.6) is 0 Å². The second-order valence-corrected chi connectivity index (χ2v) is 5.44. The number of hydrogen-bond acceptors (Lipinski definition) is 3. The predicted octanol–water partition coefficient (Wildman–Crippen LogP) is 1.50. The summed E-state index contributed by atoms with van der Waals surface area (Å²) in [5, 5.41) is 8.93. The molecule has 2 saturated heterocycles. The van der Waals surface area contributed by atoms with Crippen LogP contribution in [0.15, 0.2) is 0 Å². The highest BCUT2D eigenvalue weighted by molar-refractivity contribution is 5.67. The molecule has 2 unspecified atom stereocenters. The zero-order chi connectivity index (χ0) is 11.1. The Morgan fingerprint density at radius 2 is 1.81 bits per heavy atom. The summed E-state index contributed by atoms with van der Waals surface area (Å²) >= 11 is 0. The number of carboxylic acids is 1. The third-order valence-corrected chi connectivity index (χ3v) is 4.47. The molecule has 90 valence electrons. The van der Waals surface area contributed by atoms with E-state index < -0.39 is 5.97 Å². The SMILES string of the molecule is O=C(O)C[C@@H]1C[C@@H]2CO[C@H]3CC2CC1CO3. The van der Waals surface area contributed by atoms with Crippen molar-refractivity contribution in [1.82, 2.24) is 0 Å². The first kappa shape index (κ1) is 10.5. The van der Waals surface area contributed by atoms with Crippen LogP contribution in [0.3, 0.4) is 0 Å². The molecule has 0 aromatic rings. The van der Waals surface area contributed by atoms with Crippen molar-refractivity contribution >= 4 is 5.97 Å². The zero-order valence-corrected chi connectivity index (χ0v) is 9.30. The van der Waals surface area contributed by atoms with E-state index in [0.717, 1.165) is 25.9 Å². The lowest BCUT2D eigenvalue weighted by Crippen LogP contribution is -2.38. The van der Waals surface area contributed by atoms with E-state index in [1.54, 1.807) is 0 Å². The van der Waals surface area contributed by atoms with Gasteiger partial charge < -0.3 is 14.6 Å². The molecule has 0 spiro atoms. The molecule has 0 aromatic heterocycles. The van der Waals surface area contributed by atoms with Gasteiger partial charge in [0.1, 0.15) is 0 Å². The molecule has 1 N–H and O–H groups in total. The summed E-state index contributed by atoms with van der Waals surface area (Å²) in [5.41, 5.74) is 0. The van der Waals surface area contributed by atoms with Gasteiger partial charge in [0.25, 0.3) is 0 Å². The standard InChI is InChI=1S/C12H18O4/c13-11(14)3-7-1-10-6-16-12-4-8(10)2-9(7)5-15-12/h7-10,12H,1-6H2,(H,13,14)/t7-,8?,9?,10+,12-/m0/s1. The van der Waals surface area contributed by atoms with E-state index in [9.17, 15) is 4.79 Å². The zero-order valence-electron chi connectivity index (χ0n) is 9.30. The van der Waals surface area contributed by atoms with Gasteiger partial charge in [-0.1, -0.05) is 0 Å². The fourth-order valence-electron chi connectivity index (χ4n) is 3.61. The van der Waals surface area contributed by atoms with Crippen LogP contribution in [0.2, 0.25) is 0 Å². The first-order valence-electron chi connectivity index (χ1n) is 6.17. The molecule has 3 aliphatic rings. The van der Waals surface area contributed by atoms with Crippen LogP contribution in [0.1, 0.15) is 25.7 Å². The van der Waals surface area contributed by atoms with Crippen LogP contribution >= 0.6 is 0 Å². The average molecular weight is 226 g/mol. The van der Waals surface area contributed by atoms with E-state index in [0.29, 0.717) is 36.7 Å². The Kier molecular flexibility index (Phi) is 2.64. The van der Waals surface area contributed by atoms with Crippen LogP contribution in [-0.4, -0.2) is 30.6 Å². The van der Waals surface area contributed by atoms with Crippen molar-refractivity contribution in [2.45, 2.75) is 32.0 Å². The Bertz CT molecular complexity index is 291. The first-order valence-corrected chi connectivity index (χ1v) is 6.17. The monoisotopic (exact) mass is 226 g/mol. The van der Waals surface area contributed by atoms with Crippen LogP contribution in [0, 0.1) is 23.7 Å². The summed E-state index contributed by atoms with van der Waals surface area (Å²) in [6.45, 7) is 1.45. The highest BCUT2D eigenvalue weighted by Gasteiger charge is 2.44. The Balaban J connectivity index is 1.77. The lowest BCUT2D eigenvalue weighted by Gasteiger charge is -2.41. The van der Waals surface area contributed by atoms with Gasteiger partial charge in [-0.05, 0) is 36.5 Å². The number of aliphatic carboxylic acids is 1. The summed E-state index contributed by atoms with van der Waals surface area (Å²) in [6, 6.07) is 0. The number of hydrogen-bond donors (Lipinski definition) is 1.